The average Bonchev–Trinajstić information content (AvgIpc) is 2.45. The number of aryl methyl sites for hydroxylation is 1. The molecule has 20 heavy (non-hydrogen) atoms. The van der Waals surface area contributed by atoms with Crippen LogP contribution in [0.4, 0.5) is 0 Å². The van der Waals surface area contributed by atoms with Crippen molar-refractivity contribution < 1.29 is 15.0 Å². The Morgan fingerprint density at radius 2 is 1.70 bits per heavy atom. The minimum atomic E-state index is -0.863. The van der Waals surface area contributed by atoms with E-state index in [-0.39, 0.29) is 18.9 Å². The molecule has 2 aromatic carbocycles. The van der Waals surface area contributed by atoms with Gasteiger partial charge in [0, 0.05) is 6.61 Å². The van der Waals surface area contributed by atoms with Crippen molar-refractivity contribution in [3.63, 3.8) is 0 Å². The largest absolute Gasteiger partial charge is 0.481 e. The van der Waals surface area contributed by atoms with E-state index in [1.54, 1.807) is 0 Å². The van der Waals surface area contributed by atoms with Crippen LogP contribution in [0.5, 0.6) is 0 Å². The van der Waals surface area contributed by atoms with Crippen LogP contribution in [0.3, 0.4) is 0 Å². The highest BCUT2D eigenvalue weighted by molar-refractivity contribution is 5.83. The number of benzene rings is 2. The first-order valence-corrected chi connectivity index (χ1v) is 6.96. The normalized spacial score (nSPS) is 12.5. The Bertz CT molecular complexity index is 604. The third kappa shape index (κ3) is 3.58. The lowest BCUT2D eigenvalue weighted by Crippen LogP contribution is -2.14. The van der Waals surface area contributed by atoms with Crippen LogP contribution < -0.4 is 0 Å². The zero-order chi connectivity index (χ0) is 14.5. The van der Waals surface area contributed by atoms with Crippen LogP contribution in [0.25, 0.3) is 10.8 Å². The highest BCUT2D eigenvalue weighted by Gasteiger charge is 2.13. The van der Waals surface area contributed by atoms with Crippen LogP contribution in [0.1, 0.15) is 24.5 Å². The number of hydrogen-bond acceptors (Lipinski definition) is 2. The summed E-state index contributed by atoms with van der Waals surface area (Å²) >= 11 is 0. The number of aliphatic hydroxyl groups is 1. The minimum absolute atomic E-state index is 0.00328. The van der Waals surface area contributed by atoms with Crippen LogP contribution in [0, 0.1) is 5.92 Å². The predicted octanol–water partition coefficient (Wildman–Crippen LogP) is 3.03. The number of carbonyl (C=O) groups is 1. The molecular weight excluding hydrogens is 252 g/mol. The van der Waals surface area contributed by atoms with Crippen LogP contribution in [0.15, 0.2) is 36.4 Å². The number of carboxylic acid groups (broad SMARTS) is 1. The summed E-state index contributed by atoms with van der Waals surface area (Å²) in [5, 5.41) is 20.4. The molecule has 0 radical (unpaired) electrons. The Morgan fingerprint density at radius 1 is 1.10 bits per heavy atom. The monoisotopic (exact) mass is 272 g/mol. The zero-order valence-corrected chi connectivity index (χ0v) is 11.7. The van der Waals surface area contributed by atoms with Crippen molar-refractivity contribution in [1.29, 1.82) is 0 Å². The number of hydrogen-bond donors (Lipinski definition) is 2. The van der Waals surface area contributed by atoms with Gasteiger partial charge in [-0.2, -0.15) is 0 Å². The maximum atomic E-state index is 10.7. The van der Waals surface area contributed by atoms with Crippen molar-refractivity contribution in [2.75, 3.05) is 6.61 Å². The lowest BCUT2D eigenvalue weighted by molar-refractivity contribution is -0.138. The molecule has 2 N–H and O–H groups in total. The maximum Gasteiger partial charge on any atom is 0.303 e. The average molecular weight is 272 g/mol. The summed E-state index contributed by atoms with van der Waals surface area (Å²) in [7, 11) is 0. The van der Waals surface area contributed by atoms with Gasteiger partial charge in [0.2, 0.25) is 0 Å². The molecule has 2 rings (SSSR count). The molecular formula is C17H20O3. The van der Waals surface area contributed by atoms with Crippen molar-refractivity contribution >= 4 is 16.7 Å². The topological polar surface area (TPSA) is 57.5 Å². The van der Waals surface area contributed by atoms with Crippen molar-refractivity contribution in [1.82, 2.24) is 0 Å². The van der Waals surface area contributed by atoms with Crippen molar-refractivity contribution in [2.45, 2.75) is 26.2 Å². The molecule has 0 amide bonds. The van der Waals surface area contributed by atoms with E-state index < -0.39 is 5.97 Å². The quantitative estimate of drug-likeness (QED) is 0.849. The fraction of sp³-hybridized carbons (Fsp3) is 0.353. The Kier molecular flexibility index (Phi) is 4.74. The van der Waals surface area contributed by atoms with Crippen LogP contribution >= 0.6 is 0 Å². The number of aliphatic hydroxyl groups excluding tert-OH is 1. The molecule has 0 fully saturated rings. The smallest absolute Gasteiger partial charge is 0.303 e. The van der Waals surface area contributed by atoms with Gasteiger partial charge in [0.25, 0.3) is 0 Å². The molecule has 1 atom stereocenters. The maximum absolute atomic E-state index is 10.7. The first-order chi connectivity index (χ1) is 9.62. The molecule has 0 saturated heterocycles. The zero-order valence-electron chi connectivity index (χ0n) is 11.7. The van der Waals surface area contributed by atoms with Crippen LogP contribution in [-0.4, -0.2) is 22.8 Å². The van der Waals surface area contributed by atoms with Crippen molar-refractivity contribution in [3.8, 4) is 0 Å². The van der Waals surface area contributed by atoms with Gasteiger partial charge < -0.3 is 10.2 Å². The Labute approximate surface area is 118 Å². The van der Waals surface area contributed by atoms with E-state index in [1.807, 2.05) is 6.07 Å². The molecule has 3 heteroatoms. The standard InChI is InChI=1S/C17H20O3/c1-2-12-3-5-16-9-13(4-6-15(16)8-12)7-14(11-18)10-17(19)20/h3-6,8-9,14,18H,2,7,10-11H2,1H3,(H,19,20)/t14-/m0/s1. The van der Waals surface area contributed by atoms with Gasteiger partial charge in [-0.3, -0.25) is 4.79 Å². The van der Waals surface area contributed by atoms with E-state index in [0.717, 1.165) is 17.4 Å². The molecule has 0 spiro atoms. The van der Waals surface area contributed by atoms with Crippen molar-refractivity contribution in [2.24, 2.45) is 5.92 Å². The summed E-state index contributed by atoms with van der Waals surface area (Å²) in [6, 6.07) is 12.6. The number of rotatable bonds is 6. The molecule has 0 aliphatic heterocycles. The third-order valence-corrected chi connectivity index (χ3v) is 3.62. The Morgan fingerprint density at radius 3 is 2.25 bits per heavy atom. The van der Waals surface area contributed by atoms with Gasteiger partial charge in [-0.25, -0.2) is 0 Å². The van der Waals surface area contributed by atoms with E-state index in [1.165, 1.54) is 10.9 Å². The molecule has 106 valence electrons. The van der Waals surface area contributed by atoms with Gasteiger partial charge in [0.05, 0.1) is 6.42 Å². The van der Waals surface area contributed by atoms with E-state index in [2.05, 4.69) is 37.3 Å². The van der Waals surface area contributed by atoms with E-state index in [4.69, 9.17) is 5.11 Å². The molecule has 0 bridgehead atoms. The molecule has 2 aromatic rings. The van der Waals surface area contributed by atoms with E-state index >= 15 is 0 Å². The molecule has 0 unspecified atom stereocenters. The van der Waals surface area contributed by atoms with Crippen molar-refractivity contribution in [3.05, 3.63) is 47.5 Å². The van der Waals surface area contributed by atoms with E-state index in [9.17, 15) is 9.90 Å². The number of aliphatic carboxylic acids is 1. The van der Waals surface area contributed by atoms with Gasteiger partial charge >= 0.3 is 5.97 Å². The number of fused-ring (bicyclic) bond motifs is 1. The molecule has 0 aromatic heterocycles. The fourth-order valence-corrected chi connectivity index (χ4v) is 2.47. The second kappa shape index (κ2) is 6.53. The molecule has 0 heterocycles. The molecule has 0 aliphatic carbocycles. The second-order valence-corrected chi connectivity index (χ2v) is 5.22. The highest BCUT2D eigenvalue weighted by Crippen LogP contribution is 2.21. The van der Waals surface area contributed by atoms with Gasteiger partial charge in [0.1, 0.15) is 0 Å². The lowest BCUT2D eigenvalue weighted by Gasteiger charge is -2.12. The first-order valence-electron chi connectivity index (χ1n) is 6.96. The van der Waals surface area contributed by atoms with Crippen LogP contribution in [0.2, 0.25) is 0 Å². The first kappa shape index (κ1) is 14.5. The summed E-state index contributed by atoms with van der Waals surface area (Å²) in [4.78, 5) is 10.7. The summed E-state index contributed by atoms with van der Waals surface area (Å²) < 4.78 is 0. The molecule has 3 nitrogen and oxygen atoms in total. The SMILES string of the molecule is CCc1ccc2cc(C[C@H](CO)CC(=O)O)ccc2c1. The van der Waals surface area contributed by atoms with Crippen LogP contribution in [-0.2, 0) is 17.6 Å². The predicted molar refractivity (Wildman–Crippen MR) is 79.9 cm³/mol. The van der Waals surface area contributed by atoms with E-state index in [0.29, 0.717) is 6.42 Å². The van der Waals surface area contributed by atoms with Gasteiger partial charge in [-0.15, -0.1) is 0 Å². The lowest BCUT2D eigenvalue weighted by atomic mass is 9.95. The summed E-state index contributed by atoms with van der Waals surface area (Å²) in [5.41, 5.74) is 2.38. The summed E-state index contributed by atoms with van der Waals surface area (Å²) in [6.07, 6.45) is 1.61. The third-order valence-electron chi connectivity index (χ3n) is 3.62. The summed E-state index contributed by atoms with van der Waals surface area (Å²) in [6.45, 7) is 2.03. The Balaban J connectivity index is 2.20. The minimum Gasteiger partial charge on any atom is -0.481 e. The van der Waals surface area contributed by atoms with Gasteiger partial charge in [-0.1, -0.05) is 43.3 Å². The molecule has 0 aliphatic rings. The summed E-state index contributed by atoms with van der Waals surface area (Å²) in [5.74, 6) is -1.09. The number of carboxylic acids is 1. The molecule has 0 saturated carbocycles. The Hall–Kier alpha value is -1.87. The second-order valence-electron chi connectivity index (χ2n) is 5.22. The van der Waals surface area contributed by atoms with Gasteiger partial charge in [0.15, 0.2) is 0 Å². The fourth-order valence-electron chi connectivity index (χ4n) is 2.47. The van der Waals surface area contributed by atoms with Gasteiger partial charge in [-0.05, 0) is 40.7 Å². The highest BCUT2D eigenvalue weighted by atomic mass is 16.4.